The van der Waals surface area contributed by atoms with Gasteiger partial charge in [-0.3, -0.25) is 0 Å². The second kappa shape index (κ2) is 4.36. The molecular weight excluding hydrogens is 275 g/mol. The molecule has 1 aliphatic heterocycles. The van der Waals surface area contributed by atoms with E-state index in [1.807, 2.05) is 0 Å². The van der Waals surface area contributed by atoms with Crippen LogP contribution in [0.15, 0.2) is 0 Å². The molecule has 1 aliphatic carbocycles. The van der Waals surface area contributed by atoms with E-state index >= 15 is 0 Å². The summed E-state index contributed by atoms with van der Waals surface area (Å²) in [5.74, 6) is -2.34. The van der Waals surface area contributed by atoms with Crippen LogP contribution in [0.4, 0.5) is 18.0 Å². The maximum atomic E-state index is 12.8. The topological polar surface area (TPSA) is 46.6 Å². The van der Waals surface area contributed by atoms with E-state index in [4.69, 9.17) is 4.74 Å². The highest BCUT2D eigenvalue weighted by molar-refractivity contribution is 5.72. The summed E-state index contributed by atoms with van der Waals surface area (Å²) >= 11 is 0. The Morgan fingerprint density at radius 3 is 2.40 bits per heavy atom. The summed E-state index contributed by atoms with van der Waals surface area (Å²) in [7, 11) is 0. The normalized spacial score (nSPS) is 33.4. The lowest BCUT2D eigenvalue weighted by atomic mass is 9.56. The number of nitrogens with zero attached hydrogens (tertiary/aromatic N) is 1. The van der Waals surface area contributed by atoms with E-state index in [-0.39, 0.29) is 19.5 Å². The quantitative estimate of drug-likeness (QED) is 0.698. The molecule has 2 fully saturated rings. The fourth-order valence-corrected chi connectivity index (χ4v) is 3.07. The van der Waals surface area contributed by atoms with Crippen LogP contribution in [0.2, 0.25) is 0 Å². The number of carbonyl (C=O) groups is 2. The summed E-state index contributed by atoms with van der Waals surface area (Å²) in [6.07, 6.45) is -4.64. The van der Waals surface area contributed by atoms with Gasteiger partial charge in [-0.05, 0) is 27.2 Å². The van der Waals surface area contributed by atoms with Crippen LogP contribution in [0.25, 0.3) is 0 Å². The molecule has 1 saturated heterocycles. The molecule has 0 radical (unpaired) electrons. The first-order chi connectivity index (χ1) is 8.98. The maximum Gasteiger partial charge on any atom is 0.410 e. The van der Waals surface area contributed by atoms with Gasteiger partial charge < -0.3 is 14.4 Å². The third-order valence-corrected chi connectivity index (χ3v) is 4.03. The number of halogens is 3. The third-order valence-electron chi connectivity index (χ3n) is 4.03. The highest BCUT2D eigenvalue weighted by Crippen LogP contribution is 2.59. The van der Waals surface area contributed by atoms with Crippen LogP contribution < -0.4 is 0 Å². The van der Waals surface area contributed by atoms with E-state index in [1.54, 1.807) is 20.8 Å². The van der Waals surface area contributed by atoms with Gasteiger partial charge in [0, 0.05) is 24.4 Å². The van der Waals surface area contributed by atoms with Gasteiger partial charge in [0.2, 0.25) is 0 Å². The molecule has 0 aromatic heterocycles. The van der Waals surface area contributed by atoms with Crippen LogP contribution in [0, 0.1) is 17.3 Å². The van der Waals surface area contributed by atoms with Crippen LogP contribution in [-0.2, 0) is 9.53 Å². The molecule has 1 amide bonds. The summed E-state index contributed by atoms with van der Waals surface area (Å²) in [5.41, 5.74) is -1.76. The maximum absolute atomic E-state index is 12.8. The van der Waals surface area contributed by atoms with E-state index in [1.165, 1.54) is 4.90 Å². The third kappa shape index (κ3) is 2.50. The average molecular weight is 293 g/mol. The smallest absolute Gasteiger partial charge is 0.410 e. The van der Waals surface area contributed by atoms with E-state index in [0.29, 0.717) is 6.29 Å². The summed E-state index contributed by atoms with van der Waals surface area (Å²) in [5, 5.41) is 0. The Kier molecular flexibility index (Phi) is 3.30. The minimum atomic E-state index is -4.32. The monoisotopic (exact) mass is 293 g/mol. The Labute approximate surface area is 115 Å². The molecule has 1 saturated carbocycles. The Balaban J connectivity index is 2.09. The summed E-state index contributed by atoms with van der Waals surface area (Å²) in [6.45, 7) is 5.00. The van der Waals surface area contributed by atoms with Crippen molar-refractivity contribution in [2.45, 2.75) is 39.0 Å². The van der Waals surface area contributed by atoms with Crippen LogP contribution in [-0.4, -0.2) is 42.1 Å². The largest absolute Gasteiger partial charge is 0.444 e. The minimum absolute atomic E-state index is 0.0165. The van der Waals surface area contributed by atoms with Crippen LogP contribution >= 0.6 is 0 Å². The van der Waals surface area contributed by atoms with Gasteiger partial charge in [-0.2, -0.15) is 13.2 Å². The van der Waals surface area contributed by atoms with Crippen molar-refractivity contribution < 1.29 is 27.5 Å². The molecule has 0 spiro atoms. The number of likely N-dealkylation sites (tertiary alicyclic amines) is 1. The van der Waals surface area contributed by atoms with Gasteiger partial charge >= 0.3 is 12.3 Å². The summed E-state index contributed by atoms with van der Waals surface area (Å²) < 4.78 is 43.5. The number of hydrogen-bond donors (Lipinski definition) is 0. The zero-order chi connectivity index (χ0) is 15.3. The fraction of sp³-hybridized carbons (Fsp3) is 0.846. The number of carbonyl (C=O) groups excluding carboxylic acids is 2. The van der Waals surface area contributed by atoms with Gasteiger partial charge in [0.15, 0.2) is 0 Å². The van der Waals surface area contributed by atoms with Crippen molar-refractivity contribution in [3.63, 3.8) is 0 Å². The van der Waals surface area contributed by atoms with Crippen molar-refractivity contribution in [3.8, 4) is 0 Å². The molecule has 0 bridgehead atoms. The standard InChI is InChI=1S/C13H18F3NO3/c1-11(2,3)20-10(19)17-5-9-8(13(14,15)16)4-12(9,6-17)7-18/h7-9H,4-6H2,1-3H3/t8-,9+,12+/m0/s1. The Morgan fingerprint density at radius 2 is 1.95 bits per heavy atom. The van der Waals surface area contributed by atoms with E-state index in [0.717, 1.165) is 0 Å². The molecular formula is C13H18F3NO3. The Bertz CT molecular complexity index is 430. The number of fused-ring (bicyclic) bond motifs is 1. The zero-order valence-corrected chi connectivity index (χ0v) is 11.7. The first-order valence-corrected chi connectivity index (χ1v) is 6.49. The Hall–Kier alpha value is -1.27. The number of hydrogen-bond acceptors (Lipinski definition) is 3. The SMILES string of the molecule is CC(C)(C)OC(=O)N1C[C@@H]2[C@@H](C(F)(F)F)C[C@]2(C=O)C1. The van der Waals surface area contributed by atoms with Crippen molar-refractivity contribution in [2.24, 2.45) is 17.3 Å². The van der Waals surface area contributed by atoms with Crippen molar-refractivity contribution >= 4 is 12.4 Å². The summed E-state index contributed by atoms with van der Waals surface area (Å²) in [4.78, 5) is 24.3. The zero-order valence-electron chi connectivity index (χ0n) is 11.7. The van der Waals surface area contributed by atoms with E-state index < -0.39 is 35.1 Å². The van der Waals surface area contributed by atoms with Gasteiger partial charge in [0.05, 0.1) is 5.92 Å². The van der Waals surface area contributed by atoms with Crippen molar-refractivity contribution in [1.29, 1.82) is 0 Å². The fourth-order valence-electron chi connectivity index (χ4n) is 3.07. The molecule has 2 aliphatic rings. The van der Waals surface area contributed by atoms with Gasteiger partial charge in [0.25, 0.3) is 0 Å². The van der Waals surface area contributed by atoms with Crippen LogP contribution in [0.5, 0.6) is 0 Å². The highest BCUT2D eigenvalue weighted by atomic mass is 19.4. The molecule has 2 rings (SSSR count). The Morgan fingerprint density at radius 1 is 1.35 bits per heavy atom. The number of ether oxygens (including phenoxy) is 1. The van der Waals surface area contributed by atoms with Crippen LogP contribution in [0.3, 0.4) is 0 Å². The highest BCUT2D eigenvalue weighted by Gasteiger charge is 2.67. The number of alkyl halides is 3. The lowest BCUT2D eigenvalue weighted by molar-refractivity contribution is -0.234. The van der Waals surface area contributed by atoms with Crippen molar-refractivity contribution in [3.05, 3.63) is 0 Å². The molecule has 0 aromatic rings. The van der Waals surface area contributed by atoms with Crippen LogP contribution in [0.1, 0.15) is 27.2 Å². The second-order valence-electron chi connectivity index (χ2n) is 6.67. The molecule has 7 heteroatoms. The molecule has 0 N–H and O–H groups in total. The van der Waals surface area contributed by atoms with Crippen molar-refractivity contribution in [1.82, 2.24) is 4.90 Å². The summed E-state index contributed by atoms with van der Waals surface area (Å²) in [6, 6.07) is 0. The van der Waals surface area contributed by atoms with Gasteiger partial charge in [-0.1, -0.05) is 0 Å². The first-order valence-electron chi connectivity index (χ1n) is 6.49. The van der Waals surface area contributed by atoms with Gasteiger partial charge in [-0.15, -0.1) is 0 Å². The molecule has 114 valence electrons. The number of aldehydes is 1. The number of rotatable bonds is 1. The predicted octanol–water partition coefficient (Wildman–Crippen LogP) is 2.62. The molecule has 0 aromatic carbocycles. The minimum Gasteiger partial charge on any atom is -0.444 e. The average Bonchev–Trinajstić information content (AvgIpc) is 2.49. The lowest BCUT2D eigenvalue weighted by Crippen LogP contribution is -2.54. The molecule has 3 atom stereocenters. The molecule has 20 heavy (non-hydrogen) atoms. The molecule has 0 unspecified atom stereocenters. The van der Waals surface area contributed by atoms with E-state index in [2.05, 4.69) is 0 Å². The predicted molar refractivity (Wildman–Crippen MR) is 64.0 cm³/mol. The van der Waals surface area contributed by atoms with E-state index in [9.17, 15) is 22.8 Å². The van der Waals surface area contributed by atoms with Crippen molar-refractivity contribution in [2.75, 3.05) is 13.1 Å². The lowest BCUT2D eigenvalue weighted by Gasteiger charge is -2.47. The molecule has 1 heterocycles. The van der Waals surface area contributed by atoms with Gasteiger partial charge in [0.1, 0.15) is 11.9 Å². The van der Waals surface area contributed by atoms with Gasteiger partial charge in [-0.25, -0.2) is 4.79 Å². The first kappa shape index (κ1) is 15.1. The number of amides is 1. The molecule has 4 nitrogen and oxygen atoms in total. The second-order valence-corrected chi connectivity index (χ2v) is 6.67.